The van der Waals surface area contributed by atoms with E-state index in [4.69, 9.17) is 25.6 Å². The lowest BCUT2D eigenvalue weighted by atomic mass is 9.91. The molecule has 0 bridgehead atoms. The number of aliphatic carboxylic acids is 1. The van der Waals surface area contributed by atoms with E-state index in [9.17, 15) is 9.90 Å². The highest BCUT2D eigenvalue weighted by atomic mass is 16.5. The SMILES string of the molecule is C#CC1[C@H]2CN(c3cccc(-c4cccc(C)c4OCc4cc(C)c5c(c4)CCN(C4CCOCC4)C5)n3)[C@H](COCC)[C@@]12C(=O)O. The van der Waals surface area contributed by atoms with Gasteiger partial charge in [0.25, 0.3) is 0 Å². The lowest BCUT2D eigenvalue weighted by Gasteiger charge is -2.38. The number of anilines is 1. The second-order valence-corrected chi connectivity index (χ2v) is 13.6. The fourth-order valence-corrected chi connectivity index (χ4v) is 8.53. The van der Waals surface area contributed by atoms with E-state index in [1.54, 1.807) is 0 Å². The smallest absolute Gasteiger partial charge is 0.313 e. The molecule has 246 valence electrons. The summed E-state index contributed by atoms with van der Waals surface area (Å²) in [6, 6.07) is 16.9. The monoisotopic (exact) mass is 635 g/mol. The topological polar surface area (TPSA) is 84.4 Å². The molecule has 4 aliphatic rings. The van der Waals surface area contributed by atoms with Crippen molar-refractivity contribution in [1.82, 2.24) is 9.88 Å². The summed E-state index contributed by atoms with van der Waals surface area (Å²) in [4.78, 5) is 22.4. The summed E-state index contributed by atoms with van der Waals surface area (Å²) in [6.07, 6.45) is 9.09. The Balaban J connectivity index is 1.11. The molecule has 1 N–H and O–H groups in total. The Morgan fingerprint density at radius 3 is 2.72 bits per heavy atom. The van der Waals surface area contributed by atoms with Crippen molar-refractivity contribution in [2.45, 2.75) is 65.3 Å². The molecule has 47 heavy (non-hydrogen) atoms. The van der Waals surface area contributed by atoms with Crippen LogP contribution in [0.5, 0.6) is 5.75 Å². The van der Waals surface area contributed by atoms with Crippen LogP contribution in [0.15, 0.2) is 48.5 Å². The Kier molecular flexibility index (Phi) is 8.73. The summed E-state index contributed by atoms with van der Waals surface area (Å²) in [5, 5.41) is 10.3. The van der Waals surface area contributed by atoms with Crippen LogP contribution in [-0.4, -0.2) is 72.6 Å². The quantitative estimate of drug-likeness (QED) is 0.286. The number of hydrogen-bond acceptors (Lipinski definition) is 7. The Bertz CT molecular complexity index is 1690. The number of aromatic nitrogens is 1. The molecule has 7 rings (SSSR count). The molecule has 4 heterocycles. The molecule has 2 aromatic carbocycles. The van der Waals surface area contributed by atoms with E-state index >= 15 is 0 Å². The van der Waals surface area contributed by atoms with Crippen LogP contribution in [0.3, 0.4) is 0 Å². The van der Waals surface area contributed by atoms with Crippen molar-refractivity contribution in [3.63, 3.8) is 0 Å². The van der Waals surface area contributed by atoms with Crippen molar-refractivity contribution in [1.29, 1.82) is 0 Å². The van der Waals surface area contributed by atoms with Gasteiger partial charge in [0.2, 0.25) is 0 Å². The zero-order valence-corrected chi connectivity index (χ0v) is 27.7. The standard InChI is InChI=1S/C39H45N3O5/c1-5-32-33-22-42(35(24-45-6-2)39(32,33)38(43)44)36-12-8-11-34(40-36)30-10-7-9-25(3)37(30)47-23-27-19-26(4)31-21-41(16-13-28(31)20-27)29-14-17-46-18-15-29/h1,7-12,19-20,29,32-33,35H,6,13-18,21-24H2,2-4H3,(H,43,44)/t32?,33-,35-,39-/m1/s1. The van der Waals surface area contributed by atoms with Crippen LogP contribution < -0.4 is 9.64 Å². The van der Waals surface area contributed by atoms with Gasteiger partial charge in [-0.25, -0.2) is 4.98 Å². The van der Waals surface area contributed by atoms with Crippen LogP contribution in [0.1, 0.15) is 47.6 Å². The van der Waals surface area contributed by atoms with E-state index in [-0.39, 0.29) is 18.4 Å². The Labute approximate surface area is 278 Å². The number of aryl methyl sites for hydroxylation is 2. The zero-order chi connectivity index (χ0) is 32.7. The number of hydrogen-bond donors (Lipinski definition) is 1. The van der Waals surface area contributed by atoms with Crippen LogP contribution in [0.2, 0.25) is 0 Å². The van der Waals surface area contributed by atoms with Crippen LogP contribution in [0.4, 0.5) is 5.82 Å². The molecule has 0 radical (unpaired) electrons. The van der Waals surface area contributed by atoms with Crippen molar-refractivity contribution in [2.24, 2.45) is 17.3 Å². The summed E-state index contributed by atoms with van der Waals surface area (Å²) in [7, 11) is 0. The number of fused-ring (bicyclic) bond motifs is 2. The van der Waals surface area contributed by atoms with Crippen molar-refractivity contribution in [2.75, 3.05) is 44.4 Å². The summed E-state index contributed by atoms with van der Waals surface area (Å²) >= 11 is 0. The molecule has 0 amide bonds. The van der Waals surface area contributed by atoms with E-state index in [0.717, 1.165) is 74.0 Å². The fraction of sp³-hybridized carbons (Fsp3) is 0.487. The van der Waals surface area contributed by atoms with E-state index in [1.165, 1.54) is 22.3 Å². The predicted octanol–water partition coefficient (Wildman–Crippen LogP) is 5.66. The number of nitrogens with zero attached hydrogens (tertiary/aromatic N) is 3. The molecule has 1 aliphatic carbocycles. The zero-order valence-electron chi connectivity index (χ0n) is 27.7. The Morgan fingerprint density at radius 2 is 1.96 bits per heavy atom. The van der Waals surface area contributed by atoms with E-state index in [1.807, 2.05) is 37.3 Å². The number of pyridine rings is 1. The van der Waals surface area contributed by atoms with E-state index < -0.39 is 17.4 Å². The minimum absolute atomic E-state index is 0.121. The molecular weight excluding hydrogens is 590 g/mol. The number of carbonyl (C=O) groups is 1. The lowest BCUT2D eigenvalue weighted by Crippen LogP contribution is -2.45. The molecule has 4 atom stereocenters. The predicted molar refractivity (Wildman–Crippen MR) is 181 cm³/mol. The first kappa shape index (κ1) is 31.7. The number of rotatable bonds is 10. The van der Waals surface area contributed by atoms with Crippen LogP contribution in [-0.2, 0) is 33.8 Å². The second kappa shape index (κ2) is 13.0. The Morgan fingerprint density at radius 1 is 1.15 bits per heavy atom. The molecule has 3 fully saturated rings. The molecule has 0 spiro atoms. The van der Waals surface area contributed by atoms with E-state index in [2.05, 4.69) is 47.8 Å². The number of ether oxygens (including phenoxy) is 3. The molecule has 3 aromatic rings. The lowest BCUT2D eigenvalue weighted by molar-refractivity contribution is -0.145. The van der Waals surface area contributed by atoms with Crippen LogP contribution in [0.25, 0.3) is 11.3 Å². The highest BCUT2D eigenvalue weighted by molar-refractivity contribution is 5.84. The van der Waals surface area contributed by atoms with Crippen molar-refractivity contribution in [3.05, 3.63) is 76.3 Å². The molecule has 1 saturated carbocycles. The number of carboxylic acid groups (broad SMARTS) is 1. The summed E-state index contributed by atoms with van der Waals surface area (Å²) in [6.45, 7) is 11.8. The summed E-state index contributed by atoms with van der Waals surface area (Å²) in [5.74, 6) is 3.02. The molecule has 1 aromatic heterocycles. The largest absolute Gasteiger partial charge is 0.488 e. The first-order chi connectivity index (χ1) is 22.9. The molecule has 8 heteroatoms. The molecular formula is C39H45N3O5. The van der Waals surface area contributed by atoms with Gasteiger partial charge in [0.15, 0.2) is 0 Å². The van der Waals surface area contributed by atoms with Crippen LogP contribution >= 0.6 is 0 Å². The third-order valence-corrected chi connectivity index (χ3v) is 11.0. The maximum absolute atomic E-state index is 12.6. The maximum Gasteiger partial charge on any atom is 0.313 e. The molecule has 1 unspecified atom stereocenters. The van der Waals surface area contributed by atoms with Gasteiger partial charge in [0.05, 0.1) is 18.3 Å². The Hall–Kier alpha value is -3.90. The first-order valence-corrected chi connectivity index (χ1v) is 17.0. The van der Waals surface area contributed by atoms with Gasteiger partial charge in [0.1, 0.15) is 23.6 Å². The highest BCUT2D eigenvalue weighted by Gasteiger charge is 2.78. The fourth-order valence-electron chi connectivity index (χ4n) is 8.53. The summed E-state index contributed by atoms with van der Waals surface area (Å²) in [5.41, 5.74) is 7.12. The number of para-hydroxylation sites is 1. The third-order valence-electron chi connectivity index (χ3n) is 11.0. The molecule has 2 saturated heterocycles. The average Bonchev–Trinajstić information content (AvgIpc) is 3.62. The number of piperidine rings is 1. The number of carboxylic acids is 1. The maximum atomic E-state index is 12.6. The van der Waals surface area contributed by atoms with Crippen molar-refractivity contribution < 1.29 is 24.1 Å². The summed E-state index contributed by atoms with van der Waals surface area (Å²) < 4.78 is 18.0. The van der Waals surface area contributed by atoms with Crippen molar-refractivity contribution in [3.8, 4) is 29.4 Å². The third kappa shape index (κ3) is 5.58. The second-order valence-electron chi connectivity index (χ2n) is 13.6. The first-order valence-electron chi connectivity index (χ1n) is 17.0. The highest BCUT2D eigenvalue weighted by Crippen LogP contribution is 2.66. The van der Waals surface area contributed by atoms with Gasteiger partial charge in [0, 0.05) is 62.9 Å². The van der Waals surface area contributed by atoms with Gasteiger partial charge in [-0.1, -0.05) is 30.3 Å². The normalized spacial score (nSPS) is 25.6. The minimum Gasteiger partial charge on any atom is -0.488 e. The van der Waals surface area contributed by atoms with E-state index in [0.29, 0.717) is 25.8 Å². The number of terminal acetylenes is 1. The molecule has 3 aliphatic heterocycles. The van der Waals surface area contributed by atoms with Gasteiger partial charge in [-0.3, -0.25) is 9.69 Å². The number of benzene rings is 2. The van der Waals surface area contributed by atoms with Gasteiger partial charge in [-0.05, 0) is 86.1 Å². The molecule has 8 nitrogen and oxygen atoms in total. The minimum atomic E-state index is -1.00. The average molecular weight is 636 g/mol. The van der Waals surface area contributed by atoms with Gasteiger partial charge in [-0.2, -0.15) is 0 Å². The van der Waals surface area contributed by atoms with Crippen LogP contribution in [0, 0.1) is 43.4 Å². The van der Waals surface area contributed by atoms with Crippen molar-refractivity contribution >= 4 is 11.8 Å². The van der Waals surface area contributed by atoms with Gasteiger partial charge >= 0.3 is 5.97 Å². The van der Waals surface area contributed by atoms with Gasteiger partial charge in [-0.15, -0.1) is 12.3 Å². The van der Waals surface area contributed by atoms with Gasteiger partial charge < -0.3 is 24.2 Å².